The quantitative estimate of drug-likeness (QED) is 0.666. The van der Waals surface area contributed by atoms with E-state index in [0.29, 0.717) is 6.54 Å². The standard InChI is InChI=1S/C14H15N3O3/c1-10-4-12(8-16-7-10)9-20-14-5-11(6-15)2-3-13(14)17(18)19/h2-5,7-8H,6,9,15H2,1H3. The van der Waals surface area contributed by atoms with Crippen molar-refractivity contribution in [1.29, 1.82) is 0 Å². The molecule has 0 aliphatic carbocycles. The summed E-state index contributed by atoms with van der Waals surface area (Å²) in [6.45, 7) is 2.46. The topological polar surface area (TPSA) is 91.3 Å². The molecule has 0 saturated heterocycles. The van der Waals surface area contributed by atoms with Gasteiger partial charge in [0.1, 0.15) is 6.61 Å². The van der Waals surface area contributed by atoms with Crippen LogP contribution in [0.25, 0.3) is 0 Å². The van der Waals surface area contributed by atoms with Crippen molar-refractivity contribution in [2.24, 2.45) is 5.73 Å². The molecule has 0 saturated carbocycles. The van der Waals surface area contributed by atoms with Crippen molar-refractivity contribution in [2.45, 2.75) is 20.1 Å². The Hall–Kier alpha value is -2.47. The van der Waals surface area contributed by atoms with E-state index in [2.05, 4.69) is 4.98 Å². The van der Waals surface area contributed by atoms with Crippen LogP contribution in [0, 0.1) is 17.0 Å². The molecule has 0 bridgehead atoms. The number of hydrogen-bond donors (Lipinski definition) is 1. The normalized spacial score (nSPS) is 10.3. The molecule has 0 amide bonds. The van der Waals surface area contributed by atoms with Crippen LogP contribution in [0.5, 0.6) is 5.75 Å². The van der Waals surface area contributed by atoms with Crippen molar-refractivity contribution >= 4 is 5.69 Å². The second-order valence-corrected chi connectivity index (χ2v) is 4.42. The second-order valence-electron chi connectivity index (χ2n) is 4.42. The first-order chi connectivity index (χ1) is 9.60. The summed E-state index contributed by atoms with van der Waals surface area (Å²) in [5.74, 6) is 0.222. The Labute approximate surface area is 116 Å². The number of aromatic nitrogens is 1. The molecular formula is C14H15N3O3. The van der Waals surface area contributed by atoms with Crippen LogP contribution in [0.3, 0.4) is 0 Å². The van der Waals surface area contributed by atoms with Crippen LogP contribution in [0.1, 0.15) is 16.7 Å². The third-order valence-electron chi connectivity index (χ3n) is 2.78. The lowest BCUT2D eigenvalue weighted by Crippen LogP contribution is -2.02. The smallest absolute Gasteiger partial charge is 0.310 e. The first-order valence-electron chi connectivity index (χ1n) is 6.11. The van der Waals surface area contributed by atoms with Gasteiger partial charge in [-0.05, 0) is 30.2 Å². The summed E-state index contributed by atoms with van der Waals surface area (Å²) in [6, 6.07) is 6.55. The van der Waals surface area contributed by atoms with Crippen LogP contribution in [0.4, 0.5) is 5.69 Å². The Morgan fingerprint density at radius 1 is 1.30 bits per heavy atom. The lowest BCUT2D eigenvalue weighted by molar-refractivity contribution is -0.386. The lowest BCUT2D eigenvalue weighted by atomic mass is 10.2. The van der Waals surface area contributed by atoms with Crippen LogP contribution in [0.15, 0.2) is 36.7 Å². The van der Waals surface area contributed by atoms with Crippen LogP contribution in [0.2, 0.25) is 0 Å². The van der Waals surface area contributed by atoms with Crippen molar-refractivity contribution in [3.8, 4) is 5.75 Å². The van der Waals surface area contributed by atoms with Crippen molar-refractivity contribution in [3.63, 3.8) is 0 Å². The van der Waals surface area contributed by atoms with Gasteiger partial charge in [-0.15, -0.1) is 0 Å². The number of ether oxygens (including phenoxy) is 1. The molecule has 20 heavy (non-hydrogen) atoms. The molecule has 2 aromatic rings. The molecule has 0 radical (unpaired) electrons. The van der Waals surface area contributed by atoms with Crippen molar-refractivity contribution in [1.82, 2.24) is 4.98 Å². The molecule has 1 aromatic carbocycles. The Bertz CT molecular complexity index is 629. The van der Waals surface area contributed by atoms with E-state index in [0.717, 1.165) is 16.7 Å². The minimum atomic E-state index is -0.468. The summed E-state index contributed by atoms with van der Waals surface area (Å²) in [6.07, 6.45) is 3.41. The Morgan fingerprint density at radius 2 is 2.10 bits per heavy atom. The highest BCUT2D eigenvalue weighted by Crippen LogP contribution is 2.28. The van der Waals surface area contributed by atoms with Gasteiger partial charge in [0.2, 0.25) is 0 Å². The van der Waals surface area contributed by atoms with Gasteiger partial charge >= 0.3 is 5.69 Å². The molecule has 0 aliphatic rings. The number of nitrogens with zero attached hydrogens (tertiary/aromatic N) is 2. The second kappa shape index (κ2) is 6.12. The lowest BCUT2D eigenvalue weighted by Gasteiger charge is -2.08. The van der Waals surface area contributed by atoms with E-state index >= 15 is 0 Å². The molecule has 2 rings (SSSR count). The largest absolute Gasteiger partial charge is 0.482 e. The van der Waals surface area contributed by atoms with Crippen molar-refractivity contribution in [3.05, 3.63) is 63.5 Å². The first-order valence-corrected chi connectivity index (χ1v) is 6.11. The summed E-state index contributed by atoms with van der Waals surface area (Å²) in [5, 5.41) is 11.0. The molecule has 104 valence electrons. The molecule has 1 aromatic heterocycles. The van der Waals surface area contributed by atoms with Crippen molar-refractivity contribution < 1.29 is 9.66 Å². The van der Waals surface area contributed by atoms with E-state index in [9.17, 15) is 10.1 Å². The molecule has 0 atom stereocenters. The van der Waals surface area contributed by atoms with Gasteiger partial charge in [0.15, 0.2) is 5.75 Å². The van der Waals surface area contributed by atoms with E-state index in [1.807, 2.05) is 13.0 Å². The number of nitro groups is 1. The predicted molar refractivity (Wildman–Crippen MR) is 74.3 cm³/mol. The zero-order valence-electron chi connectivity index (χ0n) is 11.1. The Kier molecular flexibility index (Phi) is 4.27. The number of rotatable bonds is 5. The van der Waals surface area contributed by atoms with E-state index in [1.165, 1.54) is 6.07 Å². The van der Waals surface area contributed by atoms with Gasteiger partial charge in [-0.1, -0.05) is 6.07 Å². The summed E-state index contributed by atoms with van der Waals surface area (Å²) in [4.78, 5) is 14.6. The number of aryl methyl sites for hydroxylation is 1. The average molecular weight is 273 g/mol. The Balaban J connectivity index is 2.21. The highest BCUT2D eigenvalue weighted by Gasteiger charge is 2.15. The zero-order valence-corrected chi connectivity index (χ0v) is 11.1. The molecule has 0 spiro atoms. The first kappa shape index (κ1) is 14.0. The zero-order chi connectivity index (χ0) is 14.5. The van der Waals surface area contributed by atoms with Gasteiger partial charge in [-0.2, -0.15) is 0 Å². The summed E-state index contributed by atoms with van der Waals surface area (Å²) < 4.78 is 5.54. The highest BCUT2D eigenvalue weighted by molar-refractivity contribution is 5.48. The number of nitrogens with two attached hydrogens (primary N) is 1. The van der Waals surface area contributed by atoms with E-state index in [4.69, 9.17) is 10.5 Å². The minimum absolute atomic E-state index is 0.0668. The minimum Gasteiger partial charge on any atom is -0.482 e. The van der Waals surface area contributed by atoms with Crippen molar-refractivity contribution in [2.75, 3.05) is 0 Å². The fraction of sp³-hybridized carbons (Fsp3) is 0.214. The summed E-state index contributed by atoms with van der Waals surface area (Å²) in [5.41, 5.74) is 8.12. The van der Waals surface area contributed by atoms with Gasteiger partial charge in [0.05, 0.1) is 4.92 Å². The van der Waals surface area contributed by atoms with E-state index in [-0.39, 0.29) is 18.0 Å². The number of pyridine rings is 1. The van der Waals surface area contributed by atoms with Crippen LogP contribution in [-0.2, 0) is 13.2 Å². The molecule has 1 heterocycles. The third kappa shape index (κ3) is 3.30. The molecule has 0 unspecified atom stereocenters. The fourth-order valence-electron chi connectivity index (χ4n) is 1.81. The van der Waals surface area contributed by atoms with Crippen LogP contribution in [-0.4, -0.2) is 9.91 Å². The summed E-state index contributed by atoms with van der Waals surface area (Å²) in [7, 11) is 0. The molecular weight excluding hydrogens is 258 g/mol. The van der Waals surface area contributed by atoms with Crippen LogP contribution < -0.4 is 10.5 Å². The maximum atomic E-state index is 11.0. The van der Waals surface area contributed by atoms with Gasteiger partial charge in [-0.25, -0.2) is 0 Å². The number of hydrogen-bond acceptors (Lipinski definition) is 5. The Morgan fingerprint density at radius 3 is 2.75 bits per heavy atom. The van der Waals surface area contributed by atoms with Gasteiger partial charge in [0.25, 0.3) is 0 Å². The fourth-order valence-corrected chi connectivity index (χ4v) is 1.81. The monoisotopic (exact) mass is 273 g/mol. The van der Waals surface area contributed by atoms with Crippen LogP contribution >= 0.6 is 0 Å². The third-order valence-corrected chi connectivity index (χ3v) is 2.78. The van der Waals surface area contributed by atoms with Gasteiger partial charge in [0, 0.05) is 30.6 Å². The van der Waals surface area contributed by atoms with Gasteiger partial charge < -0.3 is 10.5 Å². The maximum absolute atomic E-state index is 11.0. The number of nitro benzene ring substituents is 1. The average Bonchev–Trinajstić information content (AvgIpc) is 2.44. The van der Waals surface area contributed by atoms with E-state index < -0.39 is 4.92 Å². The number of benzene rings is 1. The molecule has 6 nitrogen and oxygen atoms in total. The summed E-state index contributed by atoms with van der Waals surface area (Å²) >= 11 is 0. The molecule has 2 N–H and O–H groups in total. The maximum Gasteiger partial charge on any atom is 0.310 e. The predicted octanol–water partition coefficient (Wildman–Crippen LogP) is 2.34. The molecule has 0 fully saturated rings. The molecule has 0 aliphatic heterocycles. The SMILES string of the molecule is Cc1cncc(COc2cc(CN)ccc2[N+](=O)[O-])c1. The highest BCUT2D eigenvalue weighted by atomic mass is 16.6. The van der Waals surface area contributed by atoms with E-state index in [1.54, 1.807) is 24.5 Å². The van der Waals surface area contributed by atoms with Gasteiger partial charge in [-0.3, -0.25) is 15.1 Å². The molecule has 6 heteroatoms.